The molecular formula is C30H16O8. The van der Waals surface area contributed by atoms with Crippen molar-refractivity contribution in [1.29, 1.82) is 0 Å². The number of aromatic carboxylic acids is 4. The first-order chi connectivity index (χ1) is 18.1. The second-order valence-electron chi connectivity index (χ2n) is 8.10. The third-order valence-corrected chi connectivity index (χ3v) is 5.40. The summed E-state index contributed by atoms with van der Waals surface area (Å²) >= 11 is 0. The summed E-state index contributed by atoms with van der Waals surface area (Å²) < 4.78 is 0. The molecule has 0 saturated carbocycles. The van der Waals surface area contributed by atoms with E-state index in [2.05, 4.69) is 23.7 Å². The van der Waals surface area contributed by atoms with E-state index in [0.717, 1.165) is 22.9 Å². The van der Waals surface area contributed by atoms with E-state index in [1.54, 1.807) is 24.3 Å². The summed E-state index contributed by atoms with van der Waals surface area (Å²) in [4.78, 5) is 45.3. The molecule has 0 aromatic heterocycles. The van der Waals surface area contributed by atoms with Crippen molar-refractivity contribution >= 4 is 34.6 Å². The highest BCUT2D eigenvalue weighted by molar-refractivity contribution is 5.95. The molecule has 4 N–H and O–H groups in total. The Kier molecular flexibility index (Phi) is 6.91. The summed E-state index contributed by atoms with van der Waals surface area (Å²) in [6.07, 6.45) is 0. The lowest BCUT2D eigenvalue weighted by molar-refractivity contribution is 0.0676. The zero-order valence-electron chi connectivity index (χ0n) is 19.4. The number of fused-ring (bicyclic) bond motifs is 1. The van der Waals surface area contributed by atoms with Crippen LogP contribution in [0.5, 0.6) is 0 Å². The van der Waals surface area contributed by atoms with Crippen molar-refractivity contribution in [2.45, 2.75) is 0 Å². The standard InChI is InChI=1S/C30H16O8/c31-27(32)23-11-19(12-24(15-23)28(33)34)3-1-17-5-7-21-8-6-18(10-22(21)9-17)2-4-20-13-25(29(35)36)16-26(14-20)30(37)38/h5-16H,(H,31,32)(H,33,34)(H,35,36)(H,37,38). The fourth-order valence-electron chi connectivity index (χ4n) is 3.58. The number of benzene rings is 4. The fraction of sp³-hybridized carbons (Fsp3) is 0. The van der Waals surface area contributed by atoms with Gasteiger partial charge in [0.15, 0.2) is 0 Å². The van der Waals surface area contributed by atoms with Gasteiger partial charge in [0.25, 0.3) is 0 Å². The molecule has 0 heterocycles. The molecule has 0 unspecified atom stereocenters. The first-order valence-corrected chi connectivity index (χ1v) is 10.9. The zero-order valence-corrected chi connectivity index (χ0v) is 19.4. The minimum absolute atomic E-state index is 0.180. The van der Waals surface area contributed by atoms with Gasteiger partial charge in [0.05, 0.1) is 22.3 Å². The molecule has 0 aliphatic carbocycles. The molecule has 0 bridgehead atoms. The minimum atomic E-state index is -1.26. The normalized spacial score (nSPS) is 10.0. The van der Waals surface area contributed by atoms with Crippen LogP contribution in [0.2, 0.25) is 0 Å². The minimum Gasteiger partial charge on any atom is -0.478 e. The Morgan fingerprint density at radius 3 is 1.03 bits per heavy atom. The van der Waals surface area contributed by atoms with Crippen LogP contribution in [0.3, 0.4) is 0 Å². The maximum absolute atomic E-state index is 11.3. The van der Waals surface area contributed by atoms with E-state index in [0.29, 0.717) is 11.1 Å². The Balaban J connectivity index is 1.68. The van der Waals surface area contributed by atoms with Gasteiger partial charge in [-0.2, -0.15) is 0 Å². The van der Waals surface area contributed by atoms with Gasteiger partial charge in [-0.05, 0) is 71.4 Å². The van der Waals surface area contributed by atoms with Gasteiger partial charge in [0.1, 0.15) is 0 Å². The molecule has 0 atom stereocenters. The van der Waals surface area contributed by atoms with Gasteiger partial charge in [-0.1, -0.05) is 35.8 Å². The van der Waals surface area contributed by atoms with Crippen LogP contribution >= 0.6 is 0 Å². The van der Waals surface area contributed by atoms with Crippen LogP contribution in [-0.4, -0.2) is 44.3 Å². The molecule has 4 aromatic carbocycles. The third kappa shape index (κ3) is 5.85. The molecule has 0 radical (unpaired) electrons. The predicted molar refractivity (Wildman–Crippen MR) is 137 cm³/mol. The first-order valence-electron chi connectivity index (χ1n) is 10.9. The highest BCUT2D eigenvalue weighted by Crippen LogP contribution is 2.18. The molecule has 4 aromatic rings. The molecule has 0 aliphatic rings. The Morgan fingerprint density at radius 2 is 0.711 bits per heavy atom. The van der Waals surface area contributed by atoms with Crippen molar-refractivity contribution in [1.82, 2.24) is 0 Å². The van der Waals surface area contributed by atoms with E-state index < -0.39 is 23.9 Å². The number of hydrogen-bond acceptors (Lipinski definition) is 4. The molecule has 184 valence electrons. The lowest BCUT2D eigenvalue weighted by atomic mass is 10.0. The van der Waals surface area contributed by atoms with E-state index in [1.165, 1.54) is 24.3 Å². The smallest absolute Gasteiger partial charge is 0.335 e. The number of carboxylic acid groups (broad SMARTS) is 4. The Hall–Kier alpha value is -5.86. The fourth-order valence-corrected chi connectivity index (χ4v) is 3.58. The molecule has 0 fully saturated rings. The van der Waals surface area contributed by atoms with Gasteiger partial charge in [0.2, 0.25) is 0 Å². The Morgan fingerprint density at radius 1 is 0.395 bits per heavy atom. The van der Waals surface area contributed by atoms with Crippen molar-refractivity contribution in [3.8, 4) is 23.7 Å². The molecule has 38 heavy (non-hydrogen) atoms. The lowest BCUT2D eigenvalue weighted by Gasteiger charge is -2.02. The monoisotopic (exact) mass is 504 g/mol. The SMILES string of the molecule is O=C(O)c1cc(C#Cc2ccc3ccc(C#Cc4cc(C(=O)O)cc(C(=O)O)c4)cc3c2)cc(C(=O)O)c1. The largest absolute Gasteiger partial charge is 0.478 e. The van der Waals surface area contributed by atoms with Crippen molar-refractivity contribution < 1.29 is 39.6 Å². The molecule has 0 amide bonds. The van der Waals surface area contributed by atoms with Crippen molar-refractivity contribution in [2.75, 3.05) is 0 Å². The summed E-state index contributed by atoms with van der Waals surface area (Å²) in [5.41, 5.74) is 0.958. The van der Waals surface area contributed by atoms with Crippen molar-refractivity contribution in [2.24, 2.45) is 0 Å². The van der Waals surface area contributed by atoms with E-state index in [9.17, 15) is 39.6 Å². The summed E-state index contributed by atoms with van der Waals surface area (Å²) in [5.74, 6) is 6.40. The molecule has 0 aliphatic heterocycles. The van der Waals surface area contributed by atoms with E-state index in [4.69, 9.17) is 0 Å². The van der Waals surface area contributed by atoms with E-state index in [1.807, 2.05) is 12.1 Å². The van der Waals surface area contributed by atoms with Crippen LogP contribution < -0.4 is 0 Å². The summed E-state index contributed by atoms with van der Waals surface area (Å²) in [6.45, 7) is 0. The Bertz CT molecular complexity index is 1600. The maximum atomic E-state index is 11.3. The van der Waals surface area contributed by atoms with Gasteiger partial charge in [-0.3, -0.25) is 0 Å². The number of hydrogen-bond donors (Lipinski definition) is 4. The molecular weight excluding hydrogens is 488 g/mol. The second kappa shape index (κ2) is 10.4. The highest BCUT2D eigenvalue weighted by Gasteiger charge is 2.11. The van der Waals surface area contributed by atoms with Gasteiger partial charge < -0.3 is 20.4 Å². The molecule has 4 rings (SSSR count). The highest BCUT2D eigenvalue weighted by atomic mass is 16.4. The summed E-state index contributed by atoms with van der Waals surface area (Å²) in [7, 11) is 0. The maximum Gasteiger partial charge on any atom is 0.335 e. The van der Waals surface area contributed by atoms with E-state index >= 15 is 0 Å². The topological polar surface area (TPSA) is 149 Å². The average molecular weight is 504 g/mol. The van der Waals surface area contributed by atoms with Crippen LogP contribution in [-0.2, 0) is 0 Å². The van der Waals surface area contributed by atoms with Crippen LogP contribution in [0.15, 0.2) is 72.8 Å². The van der Waals surface area contributed by atoms with E-state index in [-0.39, 0.29) is 33.4 Å². The predicted octanol–water partition coefficient (Wildman–Crippen LogP) is 4.43. The summed E-state index contributed by atoms with van der Waals surface area (Å²) in [6, 6.07) is 18.1. The van der Waals surface area contributed by atoms with Crippen LogP contribution in [0.4, 0.5) is 0 Å². The van der Waals surface area contributed by atoms with Gasteiger partial charge in [-0.25, -0.2) is 19.2 Å². The zero-order chi connectivity index (χ0) is 27.4. The first kappa shape index (κ1) is 25.2. The number of carboxylic acids is 4. The summed E-state index contributed by atoms with van der Waals surface area (Å²) in [5, 5.41) is 38.6. The third-order valence-electron chi connectivity index (χ3n) is 5.40. The molecule has 8 heteroatoms. The molecule has 8 nitrogen and oxygen atoms in total. The van der Waals surface area contributed by atoms with Crippen LogP contribution in [0.25, 0.3) is 10.8 Å². The lowest BCUT2D eigenvalue weighted by Crippen LogP contribution is -2.03. The van der Waals surface area contributed by atoms with Gasteiger partial charge in [-0.15, -0.1) is 0 Å². The van der Waals surface area contributed by atoms with Crippen LogP contribution in [0.1, 0.15) is 63.7 Å². The average Bonchev–Trinajstić information content (AvgIpc) is 2.89. The quantitative estimate of drug-likeness (QED) is 0.298. The molecule has 0 saturated heterocycles. The number of carbonyl (C=O) groups is 4. The van der Waals surface area contributed by atoms with Crippen LogP contribution in [0, 0.1) is 23.7 Å². The van der Waals surface area contributed by atoms with Crippen molar-refractivity contribution in [3.05, 3.63) is 117 Å². The number of rotatable bonds is 4. The molecule has 0 spiro atoms. The van der Waals surface area contributed by atoms with Gasteiger partial charge in [0, 0.05) is 22.3 Å². The van der Waals surface area contributed by atoms with Crippen molar-refractivity contribution in [3.63, 3.8) is 0 Å². The Labute approximate surface area is 215 Å². The van der Waals surface area contributed by atoms with Gasteiger partial charge >= 0.3 is 23.9 Å². The second-order valence-corrected chi connectivity index (χ2v) is 8.10.